The molecule has 1 aliphatic rings. The van der Waals surface area contributed by atoms with Gasteiger partial charge in [-0.2, -0.15) is 0 Å². The van der Waals surface area contributed by atoms with E-state index >= 15 is 0 Å². The fourth-order valence-corrected chi connectivity index (χ4v) is 3.44. The lowest BCUT2D eigenvalue weighted by Gasteiger charge is -2.45. The van der Waals surface area contributed by atoms with E-state index in [-0.39, 0.29) is 11.8 Å². The molecular weight excluding hydrogens is 319 g/mol. The van der Waals surface area contributed by atoms with Crippen molar-refractivity contribution < 1.29 is 4.79 Å². The number of hydrogen-bond acceptors (Lipinski definition) is 2. The van der Waals surface area contributed by atoms with Gasteiger partial charge in [-0.05, 0) is 30.3 Å². The summed E-state index contributed by atoms with van der Waals surface area (Å²) in [4.78, 5) is 17.5. The number of alkyl halides is 1. The number of H-pyrrole nitrogens is 1. The van der Waals surface area contributed by atoms with Crippen molar-refractivity contribution >= 4 is 45.6 Å². The van der Waals surface area contributed by atoms with E-state index in [0.717, 1.165) is 22.2 Å². The number of carbonyl (C=O) groups excluding carboxylic acids is 1. The monoisotopic (exact) mass is 330 g/mol. The highest BCUT2D eigenvalue weighted by Gasteiger charge is 2.48. The normalized spacial score (nSPS) is 21.2. The van der Waals surface area contributed by atoms with Gasteiger partial charge < -0.3 is 9.88 Å². The van der Waals surface area contributed by atoms with Gasteiger partial charge in [0.25, 0.3) is 0 Å². The van der Waals surface area contributed by atoms with Gasteiger partial charge in [0.1, 0.15) is 6.04 Å². The number of aromatic amines is 1. The first kappa shape index (κ1) is 13.7. The molecule has 3 aromatic rings. The quantitative estimate of drug-likeness (QED) is 0.554. The average molecular weight is 331 g/mol. The van der Waals surface area contributed by atoms with Gasteiger partial charge in [0.2, 0.25) is 0 Å². The molecule has 3 nitrogen and oxygen atoms in total. The van der Waals surface area contributed by atoms with E-state index in [4.69, 9.17) is 23.2 Å². The van der Waals surface area contributed by atoms with Crippen LogP contribution in [0.5, 0.6) is 0 Å². The van der Waals surface area contributed by atoms with Crippen LogP contribution in [-0.2, 0) is 4.79 Å². The molecular formula is C17H12Cl2N2O. The smallest absolute Gasteiger partial charge is 0.197 e. The van der Waals surface area contributed by atoms with Gasteiger partial charge in [0.05, 0.1) is 0 Å². The summed E-state index contributed by atoms with van der Waals surface area (Å²) in [5.41, 5.74) is 2.21. The van der Waals surface area contributed by atoms with Crippen molar-refractivity contribution in [2.45, 2.75) is 11.5 Å². The van der Waals surface area contributed by atoms with Crippen LogP contribution in [0.1, 0.15) is 11.6 Å². The van der Waals surface area contributed by atoms with E-state index in [1.54, 1.807) is 12.1 Å². The molecule has 2 aromatic carbocycles. The standard InChI is InChI=1S/C17H12Cl2N2O/c18-10-5-7-11(8-6-10)21-15(16(22)17(21)19)13-9-20-14-4-2-1-3-12(13)14/h1-9,15,17,20H/t15-,17-/m0/s1. The Kier molecular flexibility index (Phi) is 3.13. The molecule has 1 aliphatic heterocycles. The van der Waals surface area contributed by atoms with Crippen molar-refractivity contribution in [1.29, 1.82) is 0 Å². The zero-order valence-electron chi connectivity index (χ0n) is 11.5. The van der Waals surface area contributed by atoms with Crippen LogP contribution in [0.3, 0.4) is 0 Å². The molecule has 1 fully saturated rings. The topological polar surface area (TPSA) is 36.1 Å². The molecule has 0 spiro atoms. The summed E-state index contributed by atoms with van der Waals surface area (Å²) in [6, 6.07) is 14.9. The second-order valence-corrected chi connectivity index (χ2v) is 6.16. The van der Waals surface area contributed by atoms with Gasteiger partial charge in [-0.25, -0.2) is 0 Å². The summed E-state index contributed by atoms with van der Waals surface area (Å²) in [5.74, 6) is 0.0152. The molecule has 0 unspecified atom stereocenters. The van der Waals surface area contributed by atoms with E-state index in [2.05, 4.69) is 4.98 Å². The number of para-hydroxylation sites is 1. The molecule has 0 aliphatic carbocycles. The maximum atomic E-state index is 12.3. The minimum Gasteiger partial charge on any atom is -0.361 e. The number of nitrogens with one attached hydrogen (secondary N) is 1. The molecule has 0 amide bonds. The van der Waals surface area contributed by atoms with Gasteiger partial charge in [0.15, 0.2) is 11.3 Å². The fourth-order valence-electron chi connectivity index (χ4n) is 2.97. The molecule has 4 rings (SSSR count). The lowest BCUT2D eigenvalue weighted by Crippen LogP contribution is -2.56. The van der Waals surface area contributed by atoms with Crippen molar-refractivity contribution in [1.82, 2.24) is 4.98 Å². The lowest BCUT2D eigenvalue weighted by atomic mass is 9.92. The van der Waals surface area contributed by atoms with Crippen LogP contribution in [0.25, 0.3) is 10.9 Å². The van der Waals surface area contributed by atoms with Gasteiger partial charge in [-0.3, -0.25) is 4.79 Å². The van der Waals surface area contributed by atoms with Crippen molar-refractivity contribution in [2.75, 3.05) is 4.90 Å². The van der Waals surface area contributed by atoms with Crippen molar-refractivity contribution in [3.63, 3.8) is 0 Å². The molecule has 5 heteroatoms. The Bertz CT molecular complexity index is 856. The average Bonchev–Trinajstić information content (AvgIpc) is 2.96. The second kappa shape index (κ2) is 5.04. The van der Waals surface area contributed by atoms with Crippen LogP contribution >= 0.6 is 23.2 Å². The first-order valence-corrected chi connectivity index (χ1v) is 7.76. The first-order chi connectivity index (χ1) is 10.7. The predicted octanol–water partition coefficient (Wildman–Crippen LogP) is 4.52. The minimum atomic E-state index is -0.639. The van der Waals surface area contributed by atoms with Crippen LogP contribution in [0.4, 0.5) is 5.69 Å². The van der Waals surface area contributed by atoms with E-state index in [9.17, 15) is 4.79 Å². The lowest BCUT2D eigenvalue weighted by molar-refractivity contribution is -0.124. The molecule has 1 saturated heterocycles. The molecule has 0 saturated carbocycles. The Labute approximate surface area is 137 Å². The highest BCUT2D eigenvalue weighted by atomic mass is 35.5. The van der Waals surface area contributed by atoms with E-state index in [0.29, 0.717) is 5.02 Å². The number of rotatable bonds is 2. The Hall–Kier alpha value is -1.97. The third-order valence-corrected chi connectivity index (χ3v) is 4.74. The molecule has 0 radical (unpaired) electrons. The number of fused-ring (bicyclic) bond motifs is 1. The molecule has 0 bridgehead atoms. The number of anilines is 1. The Balaban J connectivity index is 1.79. The summed E-state index contributed by atoms with van der Waals surface area (Å²) in [7, 11) is 0. The zero-order valence-corrected chi connectivity index (χ0v) is 13.0. The third kappa shape index (κ3) is 1.93. The summed E-state index contributed by atoms with van der Waals surface area (Å²) in [6.07, 6.45) is 1.89. The largest absolute Gasteiger partial charge is 0.361 e. The van der Waals surface area contributed by atoms with Gasteiger partial charge in [-0.1, -0.05) is 41.4 Å². The van der Waals surface area contributed by atoms with Crippen molar-refractivity contribution in [2.24, 2.45) is 0 Å². The highest BCUT2D eigenvalue weighted by molar-refractivity contribution is 6.37. The number of hydrogen-bond donors (Lipinski definition) is 1. The Morgan fingerprint density at radius 1 is 1.05 bits per heavy atom. The molecule has 1 N–H and O–H groups in total. The van der Waals surface area contributed by atoms with Crippen LogP contribution in [0.2, 0.25) is 5.02 Å². The highest BCUT2D eigenvalue weighted by Crippen LogP contribution is 2.43. The zero-order chi connectivity index (χ0) is 15.3. The van der Waals surface area contributed by atoms with Crippen LogP contribution < -0.4 is 4.90 Å². The SMILES string of the molecule is O=C1[C@@H](Cl)N(c2ccc(Cl)cc2)[C@H]1c1c[nH]c2ccccc12. The summed E-state index contributed by atoms with van der Waals surface area (Å²) in [6.45, 7) is 0. The first-order valence-electron chi connectivity index (χ1n) is 6.94. The molecule has 22 heavy (non-hydrogen) atoms. The van der Waals surface area contributed by atoms with E-state index in [1.807, 2.05) is 47.5 Å². The number of aromatic nitrogens is 1. The molecule has 2 heterocycles. The van der Waals surface area contributed by atoms with Crippen LogP contribution in [0.15, 0.2) is 54.7 Å². The van der Waals surface area contributed by atoms with E-state index < -0.39 is 5.50 Å². The number of Topliss-reactive ketones (excluding diaryl/α,β-unsaturated/α-hetero) is 1. The van der Waals surface area contributed by atoms with Crippen LogP contribution in [0, 0.1) is 0 Å². The van der Waals surface area contributed by atoms with Gasteiger partial charge in [0, 0.05) is 33.4 Å². The van der Waals surface area contributed by atoms with E-state index in [1.165, 1.54) is 0 Å². The Morgan fingerprint density at radius 2 is 1.77 bits per heavy atom. The maximum Gasteiger partial charge on any atom is 0.197 e. The molecule has 1 aromatic heterocycles. The van der Waals surface area contributed by atoms with Crippen molar-refractivity contribution in [3.05, 3.63) is 65.3 Å². The number of halogens is 2. The third-order valence-electron chi connectivity index (χ3n) is 4.07. The van der Waals surface area contributed by atoms with Crippen molar-refractivity contribution in [3.8, 4) is 0 Å². The summed E-state index contributed by atoms with van der Waals surface area (Å²) < 4.78 is 0. The van der Waals surface area contributed by atoms with Gasteiger partial charge >= 0.3 is 0 Å². The second-order valence-electron chi connectivity index (χ2n) is 5.31. The molecule has 2 atom stereocenters. The maximum absolute atomic E-state index is 12.3. The van der Waals surface area contributed by atoms with Gasteiger partial charge in [-0.15, -0.1) is 0 Å². The fraction of sp³-hybridized carbons (Fsp3) is 0.118. The summed E-state index contributed by atoms with van der Waals surface area (Å²) in [5, 5.41) is 1.70. The number of benzene rings is 2. The Morgan fingerprint density at radius 3 is 2.55 bits per heavy atom. The molecule has 110 valence electrons. The van der Waals surface area contributed by atoms with Crippen LogP contribution in [-0.4, -0.2) is 16.3 Å². The number of nitrogens with zero attached hydrogens (tertiary/aromatic N) is 1. The predicted molar refractivity (Wildman–Crippen MR) is 89.6 cm³/mol. The minimum absolute atomic E-state index is 0.0152. The summed E-state index contributed by atoms with van der Waals surface area (Å²) >= 11 is 12.2. The number of ketones is 1. The number of carbonyl (C=O) groups is 1.